The normalized spacial score (nSPS) is 11.2. The largest absolute Gasteiger partial charge is 0.398 e. The molecule has 0 radical (unpaired) electrons. The topological polar surface area (TPSA) is 57.0 Å². The molecule has 0 saturated heterocycles. The van der Waals surface area contributed by atoms with E-state index in [0.717, 1.165) is 27.5 Å². The van der Waals surface area contributed by atoms with Gasteiger partial charge in [-0.2, -0.15) is 0 Å². The van der Waals surface area contributed by atoms with Gasteiger partial charge in [-0.3, -0.25) is 4.68 Å². The summed E-state index contributed by atoms with van der Waals surface area (Å²) in [6.45, 7) is 0. The van der Waals surface area contributed by atoms with Gasteiger partial charge in [0.15, 0.2) is 0 Å². The molecule has 74 valence electrons. The van der Waals surface area contributed by atoms with Gasteiger partial charge in [-0.1, -0.05) is 24.3 Å². The first-order valence-corrected chi connectivity index (χ1v) is 4.82. The first kappa shape index (κ1) is 8.17. The van der Waals surface area contributed by atoms with Crippen molar-refractivity contribution >= 4 is 27.5 Å². The van der Waals surface area contributed by atoms with Crippen molar-refractivity contribution in [3.8, 4) is 0 Å². The van der Waals surface area contributed by atoms with Crippen molar-refractivity contribution in [3.63, 3.8) is 0 Å². The molecule has 0 saturated carbocycles. The highest BCUT2D eigenvalue weighted by Gasteiger charge is 2.09. The minimum absolute atomic E-state index is 0.771. The van der Waals surface area contributed by atoms with Gasteiger partial charge < -0.3 is 11.6 Å². The Bertz CT molecular complexity index is 652. The van der Waals surface area contributed by atoms with Crippen LogP contribution in [0.4, 0.5) is 5.69 Å². The van der Waals surface area contributed by atoms with Crippen LogP contribution in [0, 0.1) is 0 Å². The molecule has 15 heavy (non-hydrogen) atoms. The molecule has 1 heterocycles. The maximum Gasteiger partial charge on any atom is 0.0724 e. The van der Waals surface area contributed by atoms with Crippen LogP contribution in [0.15, 0.2) is 42.5 Å². The van der Waals surface area contributed by atoms with Gasteiger partial charge in [0.1, 0.15) is 0 Å². The first-order chi connectivity index (χ1) is 7.29. The number of rotatable bonds is 0. The summed E-state index contributed by atoms with van der Waals surface area (Å²) in [5.41, 5.74) is 8.71. The molecule has 0 aliphatic rings. The number of para-hydroxylation sites is 1. The molecule has 0 bridgehead atoms. The molecule has 0 spiro atoms. The van der Waals surface area contributed by atoms with Crippen LogP contribution < -0.4 is 11.6 Å². The van der Waals surface area contributed by atoms with Gasteiger partial charge in [0.05, 0.1) is 11.0 Å². The Morgan fingerprint density at radius 1 is 0.867 bits per heavy atom. The zero-order chi connectivity index (χ0) is 10.4. The third-order valence-electron chi connectivity index (χ3n) is 2.77. The fourth-order valence-electron chi connectivity index (χ4n) is 2.08. The van der Waals surface area contributed by atoms with Crippen molar-refractivity contribution in [1.29, 1.82) is 0 Å². The van der Waals surface area contributed by atoms with Gasteiger partial charge in [-0.15, -0.1) is 0 Å². The Balaban J connectivity index is 2.70. The molecule has 3 nitrogen and oxygen atoms in total. The van der Waals surface area contributed by atoms with E-state index in [0.29, 0.717) is 0 Å². The molecule has 3 aromatic rings. The van der Waals surface area contributed by atoms with Crippen LogP contribution in [0.2, 0.25) is 0 Å². The Hall–Kier alpha value is -2.16. The average molecular weight is 197 g/mol. The predicted octanol–water partition coefficient (Wildman–Crippen LogP) is 2.09. The number of benzene rings is 2. The molecule has 0 unspecified atom stereocenters. The van der Waals surface area contributed by atoms with Gasteiger partial charge in [-0.25, -0.2) is 0 Å². The number of aromatic nitrogens is 1. The molecule has 3 rings (SSSR count). The number of nitrogens with two attached hydrogens (primary N) is 2. The van der Waals surface area contributed by atoms with Crippen LogP contribution in [-0.4, -0.2) is 4.68 Å². The quantitative estimate of drug-likeness (QED) is 0.428. The van der Waals surface area contributed by atoms with Crippen LogP contribution in [0.25, 0.3) is 21.8 Å². The molecule has 1 aromatic heterocycles. The lowest BCUT2D eigenvalue weighted by Gasteiger charge is -1.97. The van der Waals surface area contributed by atoms with Gasteiger partial charge in [-0.05, 0) is 18.2 Å². The maximum atomic E-state index is 6.00. The highest BCUT2D eigenvalue weighted by Crippen LogP contribution is 2.30. The highest BCUT2D eigenvalue weighted by molar-refractivity contribution is 6.13. The Kier molecular flexibility index (Phi) is 1.45. The standard InChI is InChI=1S/C12H11N3/c13-9-5-3-7-11-12(9)8-4-1-2-6-10(8)15(11)14/h1-7H,13-14H2. The zero-order valence-corrected chi connectivity index (χ0v) is 8.14. The Morgan fingerprint density at radius 3 is 2.47 bits per heavy atom. The highest BCUT2D eigenvalue weighted by atomic mass is 15.3. The summed E-state index contributed by atoms with van der Waals surface area (Å²) in [7, 11) is 0. The van der Waals surface area contributed by atoms with Crippen molar-refractivity contribution in [2.45, 2.75) is 0 Å². The van der Waals surface area contributed by atoms with Crippen molar-refractivity contribution in [1.82, 2.24) is 4.68 Å². The van der Waals surface area contributed by atoms with E-state index in [2.05, 4.69) is 0 Å². The van der Waals surface area contributed by atoms with Gasteiger partial charge in [0, 0.05) is 16.5 Å². The molecular formula is C12H11N3. The molecule has 0 atom stereocenters. The third-order valence-corrected chi connectivity index (χ3v) is 2.77. The van der Waals surface area contributed by atoms with E-state index in [1.807, 2.05) is 42.5 Å². The summed E-state index contributed by atoms with van der Waals surface area (Å²) in [6.07, 6.45) is 0. The Morgan fingerprint density at radius 2 is 1.60 bits per heavy atom. The number of nitrogen functional groups attached to an aromatic ring is 2. The van der Waals surface area contributed by atoms with E-state index in [1.54, 1.807) is 4.68 Å². The second kappa shape index (κ2) is 2.67. The van der Waals surface area contributed by atoms with Gasteiger partial charge in [0.25, 0.3) is 0 Å². The summed E-state index contributed by atoms with van der Waals surface area (Å²) in [6, 6.07) is 13.8. The minimum atomic E-state index is 0.771. The van der Waals surface area contributed by atoms with E-state index in [1.165, 1.54) is 0 Å². The van der Waals surface area contributed by atoms with E-state index in [9.17, 15) is 0 Å². The lowest BCUT2D eigenvalue weighted by atomic mass is 10.1. The molecule has 0 aliphatic heterocycles. The van der Waals surface area contributed by atoms with E-state index in [-0.39, 0.29) is 0 Å². The lowest BCUT2D eigenvalue weighted by Crippen LogP contribution is -2.06. The van der Waals surface area contributed by atoms with Crippen LogP contribution >= 0.6 is 0 Å². The van der Waals surface area contributed by atoms with Crippen molar-refractivity contribution in [2.75, 3.05) is 11.6 Å². The molecular weight excluding hydrogens is 186 g/mol. The monoisotopic (exact) mass is 197 g/mol. The zero-order valence-electron chi connectivity index (χ0n) is 8.14. The number of fused-ring (bicyclic) bond motifs is 3. The minimum Gasteiger partial charge on any atom is -0.398 e. The number of anilines is 1. The van der Waals surface area contributed by atoms with E-state index < -0.39 is 0 Å². The summed E-state index contributed by atoms with van der Waals surface area (Å²) in [5, 5.41) is 2.14. The average Bonchev–Trinajstić information content (AvgIpc) is 2.55. The van der Waals surface area contributed by atoms with Crippen molar-refractivity contribution in [3.05, 3.63) is 42.5 Å². The number of hydrogen-bond acceptors (Lipinski definition) is 2. The summed E-state index contributed by atoms with van der Waals surface area (Å²) >= 11 is 0. The fraction of sp³-hybridized carbons (Fsp3) is 0. The third kappa shape index (κ3) is 0.944. The van der Waals surface area contributed by atoms with Crippen LogP contribution in [0.3, 0.4) is 0 Å². The number of hydrogen-bond donors (Lipinski definition) is 2. The van der Waals surface area contributed by atoms with Crippen molar-refractivity contribution in [2.24, 2.45) is 0 Å². The predicted molar refractivity (Wildman–Crippen MR) is 64.0 cm³/mol. The molecule has 0 fully saturated rings. The Labute approximate surface area is 86.9 Å². The number of nitrogens with zero attached hydrogens (tertiary/aromatic N) is 1. The maximum absolute atomic E-state index is 6.00. The SMILES string of the molecule is Nc1cccc2c1c1ccccc1n2N. The molecule has 2 aromatic carbocycles. The summed E-state index contributed by atoms with van der Waals surface area (Å²) in [4.78, 5) is 0. The second-order valence-electron chi connectivity index (χ2n) is 3.63. The van der Waals surface area contributed by atoms with Crippen LogP contribution in [0.1, 0.15) is 0 Å². The van der Waals surface area contributed by atoms with E-state index >= 15 is 0 Å². The lowest BCUT2D eigenvalue weighted by molar-refractivity contribution is 1.12. The van der Waals surface area contributed by atoms with Gasteiger partial charge >= 0.3 is 0 Å². The molecule has 0 aliphatic carbocycles. The fourth-order valence-corrected chi connectivity index (χ4v) is 2.08. The molecule has 4 N–H and O–H groups in total. The summed E-state index contributed by atoms with van der Waals surface area (Å²) < 4.78 is 1.68. The van der Waals surface area contributed by atoms with Gasteiger partial charge in [0.2, 0.25) is 0 Å². The second-order valence-corrected chi connectivity index (χ2v) is 3.63. The molecule has 3 heteroatoms. The van der Waals surface area contributed by atoms with E-state index in [4.69, 9.17) is 11.6 Å². The smallest absolute Gasteiger partial charge is 0.0724 e. The summed E-state index contributed by atoms with van der Waals surface area (Å²) in [5.74, 6) is 6.00. The van der Waals surface area contributed by atoms with Crippen molar-refractivity contribution < 1.29 is 0 Å². The van der Waals surface area contributed by atoms with Crippen LogP contribution in [-0.2, 0) is 0 Å². The molecule has 0 amide bonds. The van der Waals surface area contributed by atoms with Crippen LogP contribution in [0.5, 0.6) is 0 Å². The first-order valence-electron chi connectivity index (χ1n) is 4.82.